The Labute approximate surface area is 212 Å². The van der Waals surface area contributed by atoms with Crippen LogP contribution in [0.15, 0.2) is 72.8 Å². The summed E-state index contributed by atoms with van der Waals surface area (Å²) in [5.74, 6) is -1.85. The molecule has 0 aromatic heterocycles. The molecule has 3 rings (SSSR count). The van der Waals surface area contributed by atoms with E-state index >= 15 is 0 Å². The van der Waals surface area contributed by atoms with Crippen molar-refractivity contribution in [2.24, 2.45) is 11.8 Å². The van der Waals surface area contributed by atoms with Gasteiger partial charge in [-0.15, -0.1) is 0 Å². The standard InChI is InChI=1S/C29H35N3O4/c1-19(2)15-25(18-27(33)32-36)28(34)31-26(29(35)30-20(3)22-9-5-4-6-10-22)17-21-13-14-23-11-7-8-12-24(23)16-21/h4-14,16,19-20,25-26,36H,15,17-18H2,1-3H3,(H,30,35)(H,31,34)(H,32,33)/t20-,25+,26-/m0/s1. The van der Waals surface area contributed by atoms with E-state index in [1.807, 2.05) is 93.6 Å². The molecular weight excluding hydrogens is 454 g/mol. The SMILES string of the molecule is CC(C)C[C@H](CC(=O)NO)C(=O)N[C@@H](Cc1ccc2ccccc2c1)C(=O)N[C@@H](C)c1ccccc1. The van der Waals surface area contributed by atoms with Crippen LogP contribution < -0.4 is 16.1 Å². The van der Waals surface area contributed by atoms with Crippen molar-refractivity contribution in [2.45, 2.75) is 52.1 Å². The molecule has 0 heterocycles. The normalized spacial score (nSPS) is 13.6. The van der Waals surface area contributed by atoms with Crippen LogP contribution in [0.2, 0.25) is 0 Å². The number of carbonyl (C=O) groups is 3. The van der Waals surface area contributed by atoms with Crippen LogP contribution in [0.3, 0.4) is 0 Å². The van der Waals surface area contributed by atoms with Gasteiger partial charge in [0.05, 0.1) is 6.04 Å². The lowest BCUT2D eigenvalue weighted by molar-refractivity contribution is -0.136. The van der Waals surface area contributed by atoms with Gasteiger partial charge in [0.25, 0.3) is 0 Å². The molecule has 0 bridgehead atoms. The molecule has 0 saturated heterocycles. The molecule has 0 fully saturated rings. The van der Waals surface area contributed by atoms with E-state index in [0.29, 0.717) is 12.8 Å². The van der Waals surface area contributed by atoms with E-state index in [1.165, 1.54) is 0 Å². The van der Waals surface area contributed by atoms with Crippen LogP contribution in [0.4, 0.5) is 0 Å². The Hall–Kier alpha value is -3.71. The molecule has 7 heteroatoms. The Morgan fingerprint density at radius 2 is 1.47 bits per heavy atom. The molecule has 3 aromatic rings. The van der Waals surface area contributed by atoms with Crippen molar-refractivity contribution in [3.8, 4) is 0 Å². The Kier molecular flexibility index (Phi) is 9.59. The molecule has 3 amide bonds. The fourth-order valence-corrected chi connectivity index (χ4v) is 4.36. The average Bonchev–Trinajstić information content (AvgIpc) is 2.87. The average molecular weight is 490 g/mol. The van der Waals surface area contributed by atoms with E-state index in [-0.39, 0.29) is 30.2 Å². The largest absolute Gasteiger partial charge is 0.348 e. The van der Waals surface area contributed by atoms with Crippen LogP contribution in [-0.4, -0.2) is 29.0 Å². The number of fused-ring (bicyclic) bond motifs is 1. The van der Waals surface area contributed by atoms with E-state index in [2.05, 4.69) is 10.6 Å². The maximum absolute atomic E-state index is 13.4. The molecule has 3 aromatic carbocycles. The lowest BCUT2D eigenvalue weighted by atomic mass is 9.92. The number of nitrogens with one attached hydrogen (secondary N) is 3. The van der Waals surface area contributed by atoms with Crippen molar-refractivity contribution in [1.82, 2.24) is 16.1 Å². The molecule has 3 atom stereocenters. The fraction of sp³-hybridized carbons (Fsp3) is 0.345. The van der Waals surface area contributed by atoms with Crippen LogP contribution in [0.5, 0.6) is 0 Å². The molecule has 0 radical (unpaired) electrons. The van der Waals surface area contributed by atoms with Gasteiger partial charge in [-0.3, -0.25) is 19.6 Å². The topological polar surface area (TPSA) is 108 Å². The molecule has 36 heavy (non-hydrogen) atoms. The Morgan fingerprint density at radius 1 is 0.806 bits per heavy atom. The second kappa shape index (κ2) is 12.8. The number of rotatable bonds is 11. The number of carbonyl (C=O) groups excluding carboxylic acids is 3. The minimum absolute atomic E-state index is 0.151. The van der Waals surface area contributed by atoms with Crippen molar-refractivity contribution in [2.75, 3.05) is 0 Å². The highest BCUT2D eigenvalue weighted by Gasteiger charge is 2.29. The van der Waals surface area contributed by atoms with E-state index in [0.717, 1.165) is 21.9 Å². The zero-order valence-corrected chi connectivity index (χ0v) is 21.0. The lowest BCUT2D eigenvalue weighted by Gasteiger charge is -2.25. The highest BCUT2D eigenvalue weighted by molar-refractivity contribution is 5.91. The summed E-state index contributed by atoms with van der Waals surface area (Å²) < 4.78 is 0. The zero-order valence-electron chi connectivity index (χ0n) is 21.0. The number of hydroxylamine groups is 1. The van der Waals surface area contributed by atoms with Crippen molar-refractivity contribution < 1.29 is 19.6 Å². The third kappa shape index (κ3) is 7.65. The second-order valence-electron chi connectivity index (χ2n) is 9.65. The van der Waals surface area contributed by atoms with Crippen LogP contribution in [-0.2, 0) is 20.8 Å². The first-order chi connectivity index (χ1) is 17.3. The van der Waals surface area contributed by atoms with Gasteiger partial charge in [0.2, 0.25) is 17.7 Å². The first-order valence-corrected chi connectivity index (χ1v) is 12.3. The summed E-state index contributed by atoms with van der Waals surface area (Å²) in [7, 11) is 0. The minimum Gasteiger partial charge on any atom is -0.348 e. The highest BCUT2D eigenvalue weighted by Crippen LogP contribution is 2.20. The van der Waals surface area contributed by atoms with E-state index < -0.39 is 17.9 Å². The molecule has 0 unspecified atom stereocenters. The molecule has 0 aliphatic rings. The summed E-state index contributed by atoms with van der Waals surface area (Å²) in [6, 6.07) is 22.5. The van der Waals surface area contributed by atoms with Crippen LogP contribution in [0.25, 0.3) is 10.8 Å². The van der Waals surface area contributed by atoms with Gasteiger partial charge in [-0.05, 0) is 41.2 Å². The predicted octanol–water partition coefficient (Wildman–Crippen LogP) is 4.30. The summed E-state index contributed by atoms with van der Waals surface area (Å²) in [5, 5.41) is 17.0. The van der Waals surface area contributed by atoms with Crippen LogP contribution in [0.1, 0.15) is 50.8 Å². The van der Waals surface area contributed by atoms with Gasteiger partial charge in [0.1, 0.15) is 6.04 Å². The monoisotopic (exact) mass is 489 g/mol. The lowest BCUT2D eigenvalue weighted by Crippen LogP contribution is -2.50. The zero-order chi connectivity index (χ0) is 26.1. The van der Waals surface area contributed by atoms with Crippen LogP contribution in [0, 0.1) is 11.8 Å². The van der Waals surface area contributed by atoms with Gasteiger partial charge in [0.15, 0.2) is 0 Å². The molecule has 0 spiro atoms. The Morgan fingerprint density at radius 3 is 2.14 bits per heavy atom. The molecule has 0 aliphatic carbocycles. The van der Waals surface area contributed by atoms with Gasteiger partial charge in [-0.2, -0.15) is 0 Å². The van der Waals surface area contributed by atoms with Gasteiger partial charge in [0, 0.05) is 18.8 Å². The first-order valence-electron chi connectivity index (χ1n) is 12.3. The third-order valence-corrected chi connectivity index (χ3v) is 6.23. The van der Waals surface area contributed by atoms with Crippen molar-refractivity contribution in [3.05, 3.63) is 83.9 Å². The minimum atomic E-state index is -0.836. The Bertz CT molecular complexity index is 1180. The quantitative estimate of drug-likeness (QED) is 0.238. The highest BCUT2D eigenvalue weighted by atomic mass is 16.5. The second-order valence-corrected chi connectivity index (χ2v) is 9.65. The molecule has 0 aliphatic heterocycles. The van der Waals surface area contributed by atoms with Gasteiger partial charge in [-0.25, -0.2) is 5.48 Å². The molecule has 7 nitrogen and oxygen atoms in total. The number of hydrogen-bond acceptors (Lipinski definition) is 4. The smallest absolute Gasteiger partial charge is 0.244 e. The van der Waals surface area contributed by atoms with Gasteiger partial charge < -0.3 is 10.6 Å². The number of hydrogen-bond donors (Lipinski definition) is 4. The van der Waals surface area contributed by atoms with E-state index in [1.54, 1.807) is 5.48 Å². The van der Waals surface area contributed by atoms with Crippen LogP contribution >= 0.6 is 0 Å². The van der Waals surface area contributed by atoms with Crippen molar-refractivity contribution >= 4 is 28.5 Å². The maximum Gasteiger partial charge on any atom is 0.244 e. The molecule has 0 saturated carbocycles. The summed E-state index contributed by atoms with van der Waals surface area (Å²) in [6.45, 7) is 5.81. The van der Waals surface area contributed by atoms with Crippen molar-refractivity contribution in [1.29, 1.82) is 0 Å². The maximum atomic E-state index is 13.4. The van der Waals surface area contributed by atoms with Crippen molar-refractivity contribution in [3.63, 3.8) is 0 Å². The van der Waals surface area contributed by atoms with Gasteiger partial charge >= 0.3 is 0 Å². The summed E-state index contributed by atoms with van der Waals surface area (Å²) in [6.07, 6.45) is 0.583. The van der Waals surface area contributed by atoms with Gasteiger partial charge in [-0.1, -0.05) is 86.6 Å². The number of amides is 3. The summed E-state index contributed by atoms with van der Waals surface area (Å²) in [4.78, 5) is 38.5. The predicted molar refractivity (Wildman–Crippen MR) is 140 cm³/mol. The fourth-order valence-electron chi connectivity index (χ4n) is 4.36. The third-order valence-electron chi connectivity index (χ3n) is 6.23. The van der Waals surface area contributed by atoms with E-state index in [4.69, 9.17) is 5.21 Å². The molecule has 4 N–H and O–H groups in total. The first kappa shape index (κ1) is 26.9. The summed E-state index contributed by atoms with van der Waals surface area (Å²) in [5.41, 5.74) is 3.47. The summed E-state index contributed by atoms with van der Waals surface area (Å²) >= 11 is 0. The molecule has 190 valence electrons. The molecular formula is C29H35N3O4. The Balaban J connectivity index is 1.83. The van der Waals surface area contributed by atoms with E-state index in [9.17, 15) is 14.4 Å². The number of benzene rings is 3.